The lowest BCUT2D eigenvalue weighted by Gasteiger charge is -2.05. The molecule has 1 aromatic carbocycles. The van der Waals surface area contributed by atoms with Crippen molar-refractivity contribution in [2.45, 2.75) is 24.7 Å². The first kappa shape index (κ1) is 15.4. The van der Waals surface area contributed by atoms with E-state index in [4.69, 9.17) is 0 Å². The van der Waals surface area contributed by atoms with Gasteiger partial charge in [0, 0.05) is 19.0 Å². The maximum absolute atomic E-state index is 11.9. The van der Waals surface area contributed by atoms with Crippen LogP contribution in [0.3, 0.4) is 0 Å². The average molecular weight is 283 g/mol. The molecule has 0 aromatic heterocycles. The zero-order valence-corrected chi connectivity index (χ0v) is 11.8. The van der Waals surface area contributed by atoms with Crippen molar-refractivity contribution in [2.24, 2.45) is 0 Å². The molecule has 1 rings (SSSR count). The number of benzene rings is 1. The van der Waals surface area contributed by atoms with Crippen LogP contribution < -0.4 is 5.32 Å². The lowest BCUT2D eigenvalue weighted by Crippen LogP contribution is -2.27. The van der Waals surface area contributed by atoms with Gasteiger partial charge < -0.3 is 5.32 Å². The Kier molecular flexibility index (Phi) is 5.23. The van der Waals surface area contributed by atoms with E-state index in [1.165, 1.54) is 31.3 Å². The number of carbonyl (C=O) groups excluding carboxylic acids is 2. The number of hydrogen-bond acceptors (Lipinski definition) is 4. The summed E-state index contributed by atoms with van der Waals surface area (Å²) >= 11 is 0. The number of nitrogens with one attached hydrogen (secondary N) is 1. The molecule has 104 valence electrons. The summed E-state index contributed by atoms with van der Waals surface area (Å²) < 4.78 is 23.7. The van der Waals surface area contributed by atoms with Crippen LogP contribution >= 0.6 is 0 Å². The van der Waals surface area contributed by atoms with Gasteiger partial charge >= 0.3 is 0 Å². The SMILES string of the molecule is CCCC(=O)c1ccc(S(=O)(=O)CC(=O)NC)cc1. The van der Waals surface area contributed by atoms with Crippen LogP contribution in [0.1, 0.15) is 30.1 Å². The van der Waals surface area contributed by atoms with Gasteiger partial charge in [-0.15, -0.1) is 0 Å². The van der Waals surface area contributed by atoms with Crippen LogP contribution in [-0.4, -0.2) is 32.9 Å². The van der Waals surface area contributed by atoms with Crippen molar-refractivity contribution >= 4 is 21.5 Å². The second-order valence-corrected chi connectivity index (χ2v) is 6.12. The maximum atomic E-state index is 11.9. The number of carbonyl (C=O) groups is 2. The van der Waals surface area contributed by atoms with Crippen molar-refractivity contribution in [2.75, 3.05) is 12.8 Å². The van der Waals surface area contributed by atoms with E-state index in [-0.39, 0.29) is 10.7 Å². The number of rotatable bonds is 6. The number of Topliss-reactive ketones (excluding diaryl/α,β-unsaturated/α-hetero) is 1. The van der Waals surface area contributed by atoms with Gasteiger partial charge in [-0.1, -0.05) is 19.1 Å². The molecule has 0 aliphatic heterocycles. The van der Waals surface area contributed by atoms with E-state index >= 15 is 0 Å². The molecule has 0 radical (unpaired) electrons. The lowest BCUT2D eigenvalue weighted by molar-refractivity contribution is -0.118. The Morgan fingerprint density at radius 1 is 1.16 bits per heavy atom. The predicted molar refractivity (Wildman–Crippen MR) is 71.8 cm³/mol. The Labute approximate surface area is 112 Å². The predicted octanol–water partition coefficient (Wildman–Crippen LogP) is 1.19. The average Bonchev–Trinajstić information content (AvgIpc) is 2.38. The van der Waals surface area contributed by atoms with Crippen LogP contribution in [0.4, 0.5) is 0 Å². The van der Waals surface area contributed by atoms with Gasteiger partial charge in [-0.25, -0.2) is 8.42 Å². The molecule has 1 amide bonds. The van der Waals surface area contributed by atoms with Gasteiger partial charge in [0.1, 0.15) is 5.75 Å². The van der Waals surface area contributed by atoms with Crippen molar-refractivity contribution in [1.82, 2.24) is 5.32 Å². The molecule has 0 atom stereocenters. The summed E-state index contributed by atoms with van der Waals surface area (Å²) in [5.74, 6) is -1.17. The molecule has 1 N–H and O–H groups in total. The van der Waals surface area contributed by atoms with E-state index in [2.05, 4.69) is 5.32 Å². The first-order valence-electron chi connectivity index (χ1n) is 5.97. The number of sulfone groups is 1. The second kappa shape index (κ2) is 6.47. The normalized spacial score (nSPS) is 11.1. The smallest absolute Gasteiger partial charge is 0.235 e. The molecular weight excluding hydrogens is 266 g/mol. The lowest BCUT2D eigenvalue weighted by atomic mass is 10.1. The minimum Gasteiger partial charge on any atom is -0.358 e. The van der Waals surface area contributed by atoms with Crippen LogP contribution in [0, 0.1) is 0 Å². The van der Waals surface area contributed by atoms with Crippen molar-refractivity contribution in [3.63, 3.8) is 0 Å². The fourth-order valence-electron chi connectivity index (χ4n) is 1.55. The maximum Gasteiger partial charge on any atom is 0.235 e. The van der Waals surface area contributed by atoms with Crippen LogP contribution in [0.5, 0.6) is 0 Å². The highest BCUT2D eigenvalue weighted by molar-refractivity contribution is 7.92. The highest BCUT2D eigenvalue weighted by Gasteiger charge is 2.18. The van der Waals surface area contributed by atoms with Crippen molar-refractivity contribution in [3.8, 4) is 0 Å². The summed E-state index contributed by atoms with van der Waals surface area (Å²) in [5.41, 5.74) is 0.487. The minimum atomic E-state index is -3.65. The van der Waals surface area contributed by atoms with Crippen LogP contribution in [0.15, 0.2) is 29.2 Å². The summed E-state index contributed by atoms with van der Waals surface area (Å²) in [7, 11) is -2.27. The summed E-state index contributed by atoms with van der Waals surface area (Å²) in [5, 5.41) is 2.26. The third kappa shape index (κ3) is 4.17. The van der Waals surface area contributed by atoms with E-state index in [0.29, 0.717) is 12.0 Å². The molecule has 19 heavy (non-hydrogen) atoms. The largest absolute Gasteiger partial charge is 0.358 e. The van der Waals surface area contributed by atoms with Crippen LogP contribution in [-0.2, 0) is 14.6 Å². The third-order valence-electron chi connectivity index (χ3n) is 2.61. The Balaban J connectivity index is 2.92. The molecule has 1 aromatic rings. The van der Waals surface area contributed by atoms with Crippen molar-refractivity contribution in [3.05, 3.63) is 29.8 Å². The highest BCUT2D eigenvalue weighted by atomic mass is 32.2. The molecule has 0 unspecified atom stereocenters. The Hall–Kier alpha value is -1.69. The van der Waals surface area contributed by atoms with E-state index in [1.807, 2.05) is 6.92 Å². The molecule has 0 aliphatic carbocycles. The monoisotopic (exact) mass is 283 g/mol. The first-order valence-corrected chi connectivity index (χ1v) is 7.62. The Morgan fingerprint density at radius 3 is 2.21 bits per heavy atom. The van der Waals surface area contributed by atoms with Gasteiger partial charge in [-0.2, -0.15) is 0 Å². The van der Waals surface area contributed by atoms with E-state index in [9.17, 15) is 18.0 Å². The zero-order chi connectivity index (χ0) is 14.5. The summed E-state index contributed by atoms with van der Waals surface area (Å²) in [6.07, 6.45) is 1.18. The van der Waals surface area contributed by atoms with Gasteiger partial charge in [0.2, 0.25) is 5.91 Å². The Bertz CT molecular complexity index is 561. The van der Waals surface area contributed by atoms with Crippen molar-refractivity contribution < 1.29 is 18.0 Å². The molecule has 0 fully saturated rings. The standard InChI is InChI=1S/C13H17NO4S/c1-3-4-12(15)10-5-7-11(8-6-10)19(17,18)9-13(16)14-2/h5-8H,3-4,9H2,1-2H3,(H,14,16). The highest BCUT2D eigenvalue weighted by Crippen LogP contribution is 2.14. The molecule has 0 spiro atoms. The molecule has 0 aliphatic rings. The molecule has 6 heteroatoms. The number of hydrogen-bond donors (Lipinski definition) is 1. The van der Waals surface area contributed by atoms with E-state index < -0.39 is 21.5 Å². The fourth-order valence-corrected chi connectivity index (χ4v) is 2.75. The van der Waals surface area contributed by atoms with Gasteiger partial charge in [-0.3, -0.25) is 9.59 Å². The van der Waals surface area contributed by atoms with Crippen molar-refractivity contribution in [1.29, 1.82) is 0 Å². The quantitative estimate of drug-likeness (QED) is 0.795. The molecule has 0 saturated carbocycles. The topological polar surface area (TPSA) is 80.3 Å². The van der Waals surface area contributed by atoms with Gasteiger partial charge in [0.15, 0.2) is 15.6 Å². The molecular formula is C13H17NO4S. The summed E-state index contributed by atoms with van der Waals surface area (Å²) in [6.45, 7) is 1.90. The van der Waals surface area contributed by atoms with Gasteiger partial charge in [0.25, 0.3) is 0 Å². The third-order valence-corrected chi connectivity index (χ3v) is 4.25. The number of ketones is 1. The molecule has 0 heterocycles. The zero-order valence-electron chi connectivity index (χ0n) is 11.0. The summed E-state index contributed by atoms with van der Waals surface area (Å²) in [4.78, 5) is 22.8. The minimum absolute atomic E-state index is 0.0160. The summed E-state index contributed by atoms with van der Waals surface area (Å²) in [6, 6.07) is 5.69. The second-order valence-electron chi connectivity index (χ2n) is 4.13. The Morgan fingerprint density at radius 2 is 1.74 bits per heavy atom. The number of amides is 1. The van der Waals surface area contributed by atoms with E-state index in [1.54, 1.807) is 0 Å². The van der Waals surface area contributed by atoms with Gasteiger partial charge in [-0.05, 0) is 18.6 Å². The van der Waals surface area contributed by atoms with Gasteiger partial charge in [0.05, 0.1) is 4.90 Å². The first-order chi connectivity index (χ1) is 8.90. The van der Waals surface area contributed by atoms with Crippen LogP contribution in [0.25, 0.3) is 0 Å². The molecule has 5 nitrogen and oxygen atoms in total. The van der Waals surface area contributed by atoms with Crippen LogP contribution in [0.2, 0.25) is 0 Å². The fraction of sp³-hybridized carbons (Fsp3) is 0.385. The molecule has 0 saturated heterocycles. The molecule has 0 bridgehead atoms. The van der Waals surface area contributed by atoms with E-state index in [0.717, 1.165) is 6.42 Å².